The summed E-state index contributed by atoms with van der Waals surface area (Å²) in [5, 5.41) is 2.57. The molecule has 1 atom stereocenters. The van der Waals surface area contributed by atoms with Gasteiger partial charge in [0.05, 0.1) is 11.3 Å². The van der Waals surface area contributed by atoms with E-state index in [0.29, 0.717) is 10.8 Å². The van der Waals surface area contributed by atoms with Gasteiger partial charge in [0.1, 0.15) is 5.75 Å². The Labute approximate surface area is 158 Å². The van der Waals surface area contributed by atoms with Crippen LogP contribution >= 0.6 is 11.6 Å². The minimum absolute atomic E-state index is 0.368. The predicted octanol–water partition coefficient (Wildman–Crippen LogP) is 4.31. The third-order valence-corrected chi connectivity index (χ3v) is 3.56. The SMILES string of the molecule is CC(Oc1ccc(Cl)cc1)C(=O)OCC(=O)Nc1ccccc1C(F)(F)F. The monoisotopic (exact) mass is 401 g/mol. The molecule has 0 aliphatic rings. The molecule has 0 aromatic heterocycles. The predicted molar refractivity (Wildman–Crippen MR) is 92.6 cm³/mol. The van der Waals surface area contributed by atoms with Crippen LogP contribution in [0, 0.1) is 0 Å². The first kappa shape index (κ1) is 20.6. The Morgan fingerprint density at radius 1 is 1.11 bits per heavy atom. The molecule has 2 rings (SSSR count). The van der Waals surface area contributed by atoms with Crippen molar-refractivity contribution in [1.29, 1.82) is 0 Å². The summed E-state index contributed by atoms with van der Waals surface area (Å²) in [6.45, 7) is 0.660. The maximum atomic E-state index is 12.9. The molecule has 0 saturated carbocycles. The molecule has 0 bridgehead atoms. The number of halogens is 4. The number of nitrogens with one attached hydrogen (secondary N) is 1. The number of para-hydroxylation sites is 1. The Morgan fingerprint density at radius 3 is 2.37 bits per heavy atom. The van der Waals surface area contributed by atoms with Crippen LogP contribution in [0.5, 0.6) is 5.75 Å². The fourth-order valence-corrected chi connectivity index (χ4v) is 2.17. The number of rotatable bonds is 6. The maximum absolute atomic E-state index is 12.9. The van der Waals surface area contributed by atoms with Gasteiger partial charge in [0.25, 0.3) is 5.91 Å². The summed E-state index contributed by atoms with van der Waals surface area (Å²) in [4.78, 5) is 23.7. The Morgan fingerprint density at radius 2 is 1.74 bits per heavy atom. The summed E-state index contributed by atoms with van der Waals surface area (Å²) in [5.74, 6) is -1.38. The first-order chi connectivity index (χ1) is 12.7. The summed E-state index contributed by atoms with van der Waals surface area (Å²) < 4.78 is 48.8. The van der Waals surface area contributed by atoms with Gasteiger partial charge >= 0.3 is 12.1 Å². The molecular formula is C18H15ClF3NO4. The summed E-state index contributed by atoms with van der Waals surface area (Å²) >= 11 is 5.74. The lowest BCUT2D eigenvalue weighted by atomic mass is 10.1. The van der Waals surface area contributed by atoms with Crippen molar-refractivity contribution in [3.05, 3.63) is 59.1 Å². The molecule has 0 saturated heterocycles. The van der Waals surface area contributed by atoms with Gasteiger partial charge in [0, 0.05) is 5.02 Å². The van der Waals surface area contributed by atoms with Crippen molar-refractivity contribution in [2.24, 2.45) is 0 Å². The number of hydrogen-bond donors (Lipinski definition) is 1. The smallest absolute Gasteiger partial charge is 0.418 e. The van der Waals surface area contributed by atoms with Crippen LogP contribution in [0.1, 0.15) is 12.5 Å². The van der Waals surface area contributed by atoms with Crippen molar-refractivity contribution in [2.45, 2.75) is 19.2 Å². The molecule has 0 aliphatic heterocycles. The third-order valence-electron chi connectivity index (χ3n) is 3.31. The number of carbonyl (C=O) groups excluding carboxylic acids is 2. The van der Waals surface area contributed by atoms with Gasteiger partial charge in [-0.1, -0.05) is 23.7 Å². The number of amides is 1. The van der Waals surface area contributed by atoms with Crippen molar-refractivity contribution in [2.75, 3.05) is 11.9 Å². The number of benzene rings is 2. The Balaban J connectivity index is 1.88. The number of alkyl halides is 3. The summed E-state index contributed by atoms with van der Waals surface area (Å²) in [7, 11) is 0. The molecule has 0 fully saturated rings. The Bertz CT molecular complexity index is 809. The van der Waals surface area contributed by atoms with Crippen LogP contribution < -0.4 is 10.1 Å². The highest BCUT2D eigenvalue weighted by Gasteiger charge is 2.33. The Kier molecular flexibility index (Phi) is 6.68. The lowest BCUT2D eigenvalue weighted by Gasteiger charge is -2.15. The van der Waals surface area contributed by atoms with Crippen molar-refractivity contribution in [3.63, 3.8) is 0 Å². The molecular weight excluding hydrogens is 387 g/mol. The van der Waals surface area contributed by atoms with Crippen LogP contribution in [0.4, 0.5) is 18.9 Å². The highest BCUT2D eigenvalue weighted by molar-refractivity contribution is 6.30. The van der Waals surface area contributed by atoms with Crippen molar-refractivity contribution >= 4 is 29.2 Å². The van der Waals surface area contributed by atoms with Crippen LogP contribution in [0.15, 0.2) is 48.5 Å². The molecule has 1 N–H and O–H groups in total. The maximum Gasteiger partial charge on any atom is 0.418 e. The molecule has 144 valence electrons. The van der Waals surface area contributed by atoms with Crippen molar-refractivity contribution in [3.8, 4) is 5.75 Å². The van der Waals surface area contributed by atoms with Gasteiger partial charge in [-0.15, -0.1) is 0 Å². The normalized spacial score (nSPS) is 12.2. The van der Waals surface area contributed by atoms with Crippen LogP contribution in [-0.2, 0) is 20.5 Å². The fraction of sp³-hybridized carbons (Fsp3) is 0.222. The second-order valence-electron chi connectivity index (χ2n) is 5.41. The largest absolute Gasteiger partial charge is 0.479 e. The van der Waals surface area contributed by atoms with E-state index in [0.717, 1.165) is 12.1 Å². The highest BCUT2D eigenvalue weighted by Crippen LogP contribution is 2.34. The van der Waals surface area contributed by atoms with Crippen molar-refractivity contribution < 1.29 is 32.2 Å². The van der Waals surface area contributed by atoms with Gasteiger partial charge in [0.15, 0.2) is 12.7 Å². The Hall–Kier alpha value is -2.74. The van der Waals surface area contributed by atoms with E-state index in [-0.39, 0.29) is 0 Å². The van der Waals surface area contributed by atoms with Gasteiger partial charge in [-0.3, -0.25) is 4.79 Å². The molecule has 1 unspecified atom stereocenters. The molecule has 2 aromatic rings. The van der Waals surface area contributed by atoms with Gasteiger partial charge in [-0.25, -0.2) is 4.79 Å². The second-order valence-corrected chi connectivity index (χ2v) is 5.85. The zero-order valence-corrected chi connectivity index (χ0v) is 14.8. The van der Waals surface area contributed by atoms with Crippen LogP contribution in [0.25, 0.3) is 0 Å². The standard InChI is InChI=1S/C18H15ClF3NO4/c1-11(27-13-8-6-12(19)7-9-13)17(25)26-10-16(24)23-15-5-3-2-4-14(15)18(20,21)22/h2-9,11H,10H2,1H3,(H,23,24). The van der Waals surface area contributed by atoms with E-state index in [1.807, 2.05) is 0 Å². The minimum Gasteiger partial charge on any atom is -0.479 e. The molecule has 0 aliphatic carbocycles. The van der Waals surface area contributed by atoms with Crippen LogP contribution in [-0.4, -0.2) is 24.6 Å². The zero-order valence-electron chi connectivity index (χ0n) is 14.0. The number of ether oxygens (including phenoxy) is 2. The number of carbonyl (C=O) groups is 2. The fourth-order valence-electron chi connectivity index (χ4n) is 2.05. The average Bonchev–Trinajstić information content (AvgIpc) is 2.61. The molecule has 9 heteroatoms. The van der Waals surface area contributed by atoms with Crippen molar-refractivity contribution in [1.82, 2.24) is 0 Å². The zero-order chi connectivity index (χ0) is 20.0. The molecule has 0 radical (unpaired) electrons. The topological polar surface area (TPSA) is 64.6 Å². The molecule has 27 heavy (non-hydrogen) atoms. The lowest BCUT2D eigenvalue weighted by molar-refractivity contribution is -0.153. The lowest BCUT2D eigenvalue weighted by Crippen LogP contribution is -2.30. The summed E-state index contributed by atoms with van der Waals surface area (Å²) in [6, 6.07) is 10.7. The van der Waals surface area contributed by atoms with E-state index in [2.05, 4.69) is 5.32 Å². The van der Waals surface area contributed by atoms with Gasteiger partial charge < -0.3 is 14.8 Å². The van der Waals surface area contributed by atoms with E-state index in [1.165, 1.54) is 19.1 Å². The molecule has 2 aromatic carbocycles. The van der Waals surface area contributed by atoms with Gasteiger partial charge in [-0.2, -0.15) is 13.2 Å². The number of esters is 1. The number of hydrogen-bond acceptors (Lipinski definition) is 4. The summed E-state index contributed by atoms with van der Waals surface area (Å²) in [5.41, 5.74) is -1.42. The van der Waals surface area contributed by atoms with E-state index in [1.54, 1.807) is 24.3 Å². The second kappa shape index (κ2) is 8.77. The first-order valence-electron chi connectivity index (χ1n) is 7.72. The number of anilines is 1. The highest BCUT2D eigenvalue weighted by atomic mass is 35.5. The molecule has 5 nitrogen and oxygen atoms in total. The van der Waals surface area contributed by atoms with Crippen LogP contribution in [0.3, 0.4) is 0 Å². The quantitative estimate of drug-likeness (QED) is 0.733. The van der Waals surface area contributed by atoms with E-state index >= 15 is 0 Å². The van der Waals surface area contributed by atoms with Gasteiger partial charge in [-0.05, 0) is 43.3 Å². The molecule has 0 heterocycles. The van der Waals surface area contributed by atoms with E-state index in [4.69, 9.17) is 21.1 Å². The minimum atomic E-state index is -4.62. The average molecular weight is 402 g/mol. The van der Waals surface area contributed by atoms with Gasteiger partial charge in [0.2, 0.25) is 0 Å². The van der Waals surface area contributed by atoms with E-state index < -0.39 is 42.0 Å². The first-order valence-corrected chi connectivity index (χ1v) is 8.09. The summed E-state index contributed by atoms with van der Waals surface area (Å²) in [6.07, 6.45) is -5.65. The van der Waals surface area contributed by atoms with Crippen LogP contribution in [0.2, 0.25) is 5.02 Å². The molecule has 1 amide bonds. The third kappa shape index (κ3) is 6.18. The molecule has 0 spiro atoms. The van der Waals surface area contributed by atoms with E-state index in [9.17, 15) is 22.8 Å².